The summed E-state index contributed by atoms with van der Waals surface area (Å²) in [6.07, 6.45) is 0.947. The van der Waals surface area contributed by atoms with Crippen LogP contribution in [0.25, 0.3) is 0 Å². The van der Waals surface area contributed by atoms with Gasteiger partial charge in [-0.25, -0.2) is 0 Å². The lowest BCUT2D eigenvalue weighted by atomic mass is 10.1. The van der Waals surface area contributed by atoms with Crippen LogP contribution in [0.1, 0.15) is 34.1 Å². The first kappa shape index (κ1) is 17.8. The molecule has 18 heavy (non-hydrogen) atoms. The molecule has 1 atom stereocenters. The molecule has 0 spiro atoms. The number of rotatable bonds is 11. The van der Waals surface area contributed by atoms with Gasteiger partial charge in [-0.05, 0) is 33.1 Å². The quantitative estimate of drug-likeness (QED) is 0.578. The van der Waals surface area contributed by atoms with Gasteiger partial charge in [0.2, 0.25) is 0 Å². The predicted octanol–water partition coefficient (Wildman–Crippen LogP) is 2.08. The number of hydrogen-bond acceptors (Lipinski definition) is 4. The van der Waals surface area contributed by atoms with Gasteiger partial charge in [0.15, 0.2) is 0 Å². The van der Waals surface area contributed by atoms with E-state index in [1.807, 2.05) is 0 Å². The lowest BCUT2D eigenvalue weighted by Crippen LogP contribution is -2.39. The second kappa shape index (κ2) is 10.7. The van der Waals surface area contributed by atoms with E-state index in [9.17, 15) is 0 Å². The van der Waals surface area contributed by atoms with Crippen LogP contribution in [0.4, 0.5) is 0 Å². The van der Waals surface area contributed by atoms with Crippen molar-refractivity contribution in [3.8, 4) is 0 Å². The normalized spacial score (nSPS) is 13.8. The van der Waals surface area contributed by atoms with Crippen LogP contribution in [0.3, 0.4) is 0 Å². The van der Waals surface area contributed by atoms with Crippen molar-refractivity contribution in [1.29, 1.82) is 0 Å². The Morgan fingerprint density at radius 3 is 2.28 bits per heavy atom. The molecule has 0 fully saturated rings. The van der Waals surface area contributed by atoms with Gasteiger partial charge in [-0.1, -0.05) is 6.92 Å². The fourth-order valence-corrected chi connectivity index (χ4v) is 1.35. The molecule has 1 unspecified atom stereocenters. The van der Waals surface area contributed by atoms with Crippen molar-refractivity contribution in [3.63, 3.8) is 0 Å². The molecule has 0 saturated carbocycles. The van der Waals surface area contributed by atoms with Gasteiger partial charge < -0.3 is 19.5 Å². The maximum atomic E-state index is 5.57. The van der Waals surface area contributed by atoms with Crippen LogP contribution in [0, 0.1) is 5.92 Å². The van der Waals surface area contributed by atoms with E-state index in [2.05, 4.69) is 33.0 Å². The molecule has 4 heteroatoms. The van der Waals surface area contributed by atoms with E-state index in [0.29, 0.717) is 19.1 Å². The molecule has 0 aliphatic rings. The van der Waals surface area contributed by atoms with Crippen LogP contribution in [-0.4, -0.2) is 52.2 Å². The number of methoxy groups -OCH3 is 1. The van der Waals surface area contributed by atoms with E-state index >= 15 is 0 Å². The average molecular weight is 261 g/mol. The molecule has 0 aromatic carbocycles. The zero-order valence-corrected chi connectivity index (χ0v) is 12.8. The third kappa shape index (κ3) is 13.9. The van der Waals surface area contributed by atoms with Crippen molar-refractivity contribution >= 4 is 0 Å². The lowest BCUT2D eigenvalue weighted by molar-refractivity contribution is 0.0290. The summed E-state index contributed by atoms with van der Waals surface area (Å²) in [6.45, 7) is 13.3. The zero-order valence-electron chi connectivity index (χ0n) is 12.8. The third-order valence-electron chi connectivity index (χ3n) is 2.39. The van der Waals surface area contributed by atoms with Crippen LogP contribution in [-0.2, 0) is 14.2 Å². The molecule has 4 nitrogen and oxygen atoms in total. The minimum atomic E-state index is 0.179. The van der Waals surface area contributed by atoms with Gasteiger partial charge in [0.25, 0.3) is 0 Å². The second-order valence-electron chi connectivity index (χ2n) is 5.77. The van der Waals surface area contributed by atoms with Gasteiger partial charge >= 0.3 is 0 Å². The molecule has 0 aliphatic heterocycles. The van der Waals surface area contributed by atoms with Crippen LogP contribution in [0.5, 0.6) is 0 Å². The molecular formula is C14H31NO3. The van der Waals surface area contributed by atoms with Gasteiger partial charge in [-0.15, -0.1) is 0 Å². The van der Waals surface area contributed by atoms with Crippen molar-refractivity contribution in [2.45, 2.75) is 39.7 Å². The van der Waals surface area contributed by atoms with E-state index < -0.39 is 0 Å². The van der Waals surface area contributed by atoms with Crippen molar-refractivity contribution in [1.82, 2.24) is 5.32 Å². The van der Waals surface area contributed by atoms with E-state index in [1.165, 1.54) is 0 Å². The number of nitrogens with one attached hydrogen (secondary N) is 1. The van der Waals surface area contributed by atoms with Crippen LogP contribution < -0.4 is 5.32 Å². The molecule has 0 amide bonds. The van der Waals surface area contributed by atoms with Crippen LogP contribution in [0.15, 0.2) is 0 Å². The topological polar surface area (TPSA) is 39.7 Å². The number of ether oxygens (including phenoxy) is 3. The predicted molar refractivity (Wildman–Crippen MR) is 75.1 cm³/mol. The molecule has 0 bridgehead atoms. The summed E-state index contributed by atoms with van der Waals surface area (Å²) in [5.74, 6) is 0.526. The summed E-state index contributed by atoms with van der Waals surface area (Å²) in [5.41, 5.74) is 0.179. The molecule has 0 heterocycles. The van der Waals surface area contributed by atoms with Crippen molar-refractivity contribution in [2.75, 3.05) is 46.7 Å². The van der Waals surface area contributed by atoms with Gasteiger partial charge in [-0.2, -0.15) is 0 Å². The van der Waals surface area contributed by atoms with Crippen molar-refractivity contribution < 1.29 is 14.2 Å². The first-order valence-corrected chi connectivity index (χ1v) is 6.85. The van der Waals surface area contributed by atoms with Gasteiger partial charge in [-0.3, -0.25) is 0 Å². The molecule has 0 aromatic heterocycles. The maximum Gasteiger partial charge on any atom is 0.0700 e. The average Bonchev–Trinajstić information content (AvgIpc) is 2.29. The van der Waals surface area contributed by atoms with Crippen LogP contribution >= 0.6 is 0 Å². The highest BCUT2D eigenvalue weighted by Gasteiger charge is 2.10. The zero-order chi connectivity index (χ0) is 13.9. The molecular weight excluding hydrogens is 230 g/mol. The van der Waals surface area contributed by atoms with E-state index in [-0.39, 0.29) is 5.54 Å². The molecule has 110 valence electrons. The lowest BCUT2D eigenvalue weighted by Gasteiger charge is -2.23. The summed E-state index contributed by atoms with van der Waals surface area (Å²) < 4.78 is 15.9. The summed E-state index contributed by atoms with van der Waals surface area (Å²) in [4.78, 5) is 0. The summed E-state index contributed by atoms with van der Waals surface area (Å²) in [6, 6.07) is 0. The molecule has 1 N–H and O–H groups in total. The first-order valence-electron chi connectivity index (χ1n) is 6.85. The fourth-order valence-electron chi connectivity index (χ4n) is 1.35. The molecule has 0 aromatic rings. The molecule has 0 rings (SSSR count). The van der Waals surface area contributed by atoms with Gasteiger partial charge in [0.05, 0.1) is 19.8 Å². The largest absolute Gasteiger partial charge is 0.385 e. The number of hydrogen-bond donors (Lipinski definition) is 1. The molecule has 0 aliphatic carbocycles. The third-order valence-corrected chi connectivity index (χ3v) is 2.39. The minimum absolute atomic E-state index is 0.179. The summed E-state index contributed by atoms with van der Waals surface area (Å²) in [7, 11) is 1.70. The maximum absolute atomic E-state index is 5.57. The Labute approximate surface area is 112 Å². The molecule has 0 saturated heterocycles. The van der Waals surface area contributed by atoms with Gasteiger partial charge in [0.1, 0.15) is 0 Å². The monoisotopic (exact) mass is 261 g/mol. The van der Waals surface area contributed by atoms with Gasteiger partial charge in [0, 0.05) is 32.4 Å². The Hall–Kier alpha value is -0.160. The first-order chi connectivity index (χ1) is 8.45. The highest BCUT2D eigenvalue weighted by Crippen LogP contribution is 2.01. The highest BCUT2D eigenvalue weighted by molar-refractivity contribution is 4.71. The highest BCUT2D eigenvalue weighted by atomic mass is 16.5. The fraction of sp³-hybridized carbons (Fsp3) is 1.00. The SMILES string of the molecule is COCCCOCCOCC(C)CNC(C)(C)C. The Morgan fingerprint density at radius 2 is 1.67 bits per heavy atom. The Balaban J connectivity index is 3.23. The Bertz CT molecular complexity index is 180. The molecule has 0 radical (unpaired) electrons. The summed E-state index contributed by atoms with van der Waals surface area (Å²) in [5, 5.41) is 3.47. The van der Waals surface area contributed by atoms with E-state index in [0.717, 1.165) is 32.8 Å². The minimum Gasteiger partial charge on any atom is -0.385 e. The summed E-state index contributed by atoms with van der Waals surface area (Å²) >= 11 is 0. The Kier molecular flexibility index (Phi) is 10.6. The second-order valence-corrected chi connectivity index (χ2v) is 5.77. The van der Waals surface area contributed by atoms with Crippen molar-refractivity contribution in [2.24, 2.45) is 5.92 Å². The van der Waals surface area contributed by atoms with E-state index in [4.69, 9.17) is 14.2 Å². The van der Waals surface area contributed by atoms with Crippen molar-refractivity contribution in [3.05, 3.63) is 0 Å². The smallest absolute Gasteiger partial charge is 0.0700 e. The van der Waals surface area contributed by atoms with E-state index in [1.54, 1.807) is 7.11 Å². The standard InChI is InChI=1S/C14H31NO3/c1-13(11-15-14(2,3)4)12-18-10-9-17-8-6-7-16-5/h13,15H,6-12H2,1-5H3. The Morgan fingerprint density at radius 1 is 1.00 bits per heavy atom. The van der Waals surface area contributed by atoms with Crippen LogP contribution in [0.2, 0.25) is 0 Å².